The summed E-state index contributed by atoms with van der Waals surface area (Å²) in [7, 11) is 0. The SMILES string of the molecule is c1ccc(-c2ccc(N(c3cc4c5c(cccc5c3)-c3oc(-c5ccccc5)nc3-4)c3ccc4sc5ccccc5c4c3)cc2)cc1. The van der Waals surface area contributed by atoms with Crippen LogP contribution in [0.2, 0.25) is 0 Å². The standard InChI is InChI=1S/C43H26N2OS/c1-3-10-27(11-4-1)28-18-20-31(21-19-28)45(32-22-23-39-36(25-32)34-15-7-8-17-38(34)47-39)33-24-30-14-9-16-35-40(30)37(26-33)41-42(35)46-43(44-41)29-12-5-2-6-13-29/h1-26H. The molecule has 2 heterocycles. The molecule has 0 saturated carbocycles. The minimum atomic E-state index is 0.645. The predicted octanol–water partition coefficient (Wildman–Crippen LogP) is 12.6. The topological polar surface area (TPSA) is 29.3 Å². The number of nitrogens with zero attached hydrogens (tertiary/aromatic N) is 2. The first kappa shape index (κ1) is 26.3. The number of hydrogen-bond acceptors (Lipinski definition) is 4. The molecule has 0 unspecified atom stereocenters. The molecule has 9 aromatic rings. The smallest absolute Gasteiger partial charge is 0.227 e. The van der Waals surface area contributed by atoms with Gasteiger partial charge >= 0.3 is 0 Å². The minimum absolute atomic E-state index is 0.645. The van der Waals surface area contributed by atoms with Gasteiger partial charge in [0.1, 0.15) is 5.69 Å². The van der Waals surface area contributed by atoms with E-state index in [2.05, 4.69) is 132 Å². The van der Waals surface area contributed by atoms with Crippen LogP contribution in [0.4, 0.5) is 17.1 Å². The first-order valence-electron chi connectivity index (χ1n) is 15.8. The molecule has 0 aliphatic heterocycles. The highest BCUT2D eigenvalue weighted by Crippen LogP contribution is 2.51. The average Bonchev–Trinajstić information content (AvgIpc) is 3.82. The van der Waals surface area contributed by atoms with Crippen LogP contribution in [0.25, 0.3) is 76.1 Å². The van der Waals surface area contributed by atoms with Gasteiger partial charge in [0.15, 0.2) is 5.76 Å². The van der Waals surface area contributed by atoms with Crippen LogP contribution in [0.5, 0.6) is 0 Å². The Morgan fingerprint density at radius 2 is 1.19 bits per heavy atom. The van der Waals surface area contributed by atoms with Crippen molar-refractivity contribution in [2.45, 2.75) is 0 Å². The van der Waals surface area contributed by atoms with Crippen molar-refractivity contribution in [3.05, 3.63) is 158 Å². The second kappa shape index (κ2) is 10.3. The lowest BCUT2D eigenvalue weighted by molar-refractivity contribution is 0.590. The highest BCUT2D eigenvalue weighted by atomic mass is 32.1. The Kier molecular flexibility index (Phi) is 5.74. The van der Waals surface area contributed by atoms with Crippen LogP contribution < -0.4 is 4.90 Å². The van der Waals surface area contributed by atoms with Crippen molar-refractivity contribution >= 4 is 59.3 Å². The van der Waals surface area contributed by atoms with E-state index < -0.39 is 0 Å². The zero-order valence-electron chi connectivity index (χ0n) is 25.2. The van der Waals surface area contributed by atoms with Crippen LogP contribution in [0.3, 0.4) is 0 Å². The summed E-state index contributed by atoms with van der Waals surface area (Å²) in [5.74, 6) is 1.48. The Labute approximate surface area is 275 Å². The van der Waals surface area contributed by atoms with E-state index in [1.807, 2.05) is 41.7 Å². The summed E-state index contributed by atoms with van der Waals surface area (Å²) in [4.78, 5) is 7.45. The monoisotopic (exact) mass is 618 g/mol. The summed E-state index contributed by atoms with van der Waals surface area (Å²) in [6.07, 6.45) is 0. The van der Waals surface area contributed by atoms with Crippen LogP contribution in [0, 0.1) is 0 Å². The van der Waals surface area contributed by atoms with E-state index >= 15 is 0 Å². The van der Waals surface area contributed by atoms with Gasteiger partial charge in [0, 0.05) is 59.3 Å². The van der Waals surface area contributed by atoms with Gasteiger partial charge in [0.2, 0.25) is 5.89 Å². The van der Waals surface area contributed by atoms with Crippen LogP contribution in [-0.4, -0.2) is 4.98 Å². The molecule has 4 heteroatoms. The van der Waals surface area contributed by atoms with Crippen molar-refractivity contribution in [1.29, 1.82) is 0 Å². The van der Waals surface area contributed by atoms with Crippen LogP contribution in [0.1, 0.15) is 0 Å². The number of benzene rings is 7. The largest absolute Gasteiger partial charge is 0.435 e. The molecule has 0 N–H and O–H groups in total. The Balaban J connectivity index is 1.18. The summed E-state index contributed by atoms with van der Waals surface area (Å²) in [5, 5.41) is 4.91. The maximum Gasteiger partial charge on any atom is 0.227 e. The third kappa shape index (κ3) is 4.16. The number of fused-ring (bicyclic) bond motifs is 6. The molecule has 47 heavy (non-hydrogen) atoms. The third-order valence-corrected chi connectivity index (χ3v) is 10.4. The molecule has 0 radical (unpaired) electrons. The van der Waals surface area contributed by atoms with Crippen LogP contribution in [0.15, 0.2) is 162 Å². The van der Waals surface area contributed by atoms with Crippen molar-refractivity contribution in [2.24, 2.45) is 0 Å². The second-order valence-electron chi connectivity index (χ2n) is 12.0. The van der Waals surface area contributed by atoms with Crippen molar-refractivity contribution in [2.75, 3.05) is 4.90 Å². The van der Waals surface area contributed by atoms with Gasteiger partial charge < -0.3 is 9.32 Å². The first-order chi connectivity index (χ1) is 23.3. The Hall–Kier alpha value is -5.97. The normalized spacial score (nSPS) is 11.8. The van der Waals surface area contributed by atoms with E-state index in [1.165, 1.54) is 36.7 Å². The molecule has 10 rings (SSSR count). The molecular weight excluding hydrogens is 593 g/mol. The highest BCUT2D eigenvalue weighted by molar-refractivity contribution is 7.25. The second-order valence-corrected chi connectivity index (χ2v) is 13.1. The van der Waals surface area contributed by atoms with Gasteiger partial charge in [-0.1, -0.05) is 97.1 Å². The molecule has 0 spiro atoms. The molecule has 220 valence electrons. The molecule has 3 nitrogen and oxygen atoms in total. The third-order valence-electron chi connectivity index (χ3n) is 9.22. The van der Waals surface area contributed by atoms with E-state index in [-0.39, 0.29) is 0 Å². The molecule has 1 aliphatic carbocycles. The van der Waals surface area contributed by atoms with Gasteiger partial charge in [0.25, 0.3) is 0 Å². The van der Waals surface area contributed by atoms with Crippen molar-refractivity contribution in [3.63, 3.8) is 0 Å². The number of oxazole rings is 1. The minimum Gasteiger partial charge on any atom is -0.435 e. The van der Waals surface area contributed by atoms with E-state index in [9.17, 15) is 0 Å². The number of anilines is 3. The zero-order valence-corrected chi connectivity index (χ0v) is 26.0. The summed E-state index contributed by atoms with van der Waals surface area (Å²) in [5.41, 5.74) is 9.74. The molecule has 0 amide bonds. The van der Waals surface area contributed by atoms with Gasteiger partial charge in [0.05, 0.1) is 0 Å². The lowest BCUT2D eigenvalue weighted by atomic mass is 10.0. The lowest BCUT2D eigenvalue weighted by Crippen LogP contribution is -2.10. The zero-order chi connectivity index (χ0) is 30.9. The van der Waals surface area contributed by atoms with Gasteiger partial charge in [-0.3, -0.25) is 0 Å². The van der Waals surface area contributed by atoms with Crippen LogP contribution in [-0.2, 0) is 0 Å². The number of hydrogen-bond donors (Lipinski definition) is 0. The van der Waals surface area contributed by atoms with Crippen molar-refractivity contribution in [3.8, 4) is 45.2 Å². The fourth-order valence-corrected chi connectivity index (χ4v) is 8.13. The molecular formula is C43H26N2OS. The van der Waals surface area contributed by atoms with Gasteiger partial charge in [-0.15, -0.1) is 11.3 Å². The maximum atomic E-state index is 6.47. The molecule has 0 atom stereocenters. The predicted molar refractivity (Wildman–Crippen MR) is 197 cm³/mol. The molecule has 0 fully saturated rings. The first-order valence-corrected chi connectivity index (χ1v) is 16.6. The quantitative estimate of drug-likeness (QED) is 0.192. The van der Waals surface area contributed by atoms with Gasteiger partial charge in [-0.2, -0.15) is 0 Å². The fraction of sp³-hybridized carbons (Fsp3) is 0. The van der Waals surface area contributed by atoms with E-state index in [4.69, 9.17) is 9.40 Å². The van der Waals surface area contributed by atoms with Gasteiger partial charge in [-0.05, 0) is 77.2 Å². The van der Waals surface area contributed by atoms with Gasteiger partial charge in [-0.25, -0.2) is 4.98 Å². The average molecular weight is 619 g/mol. The van der Waals surface area contributed by atoms with Crippen LogP contribution >= 0.6 is 11.3 Å². The highest BCUT2D eigenvalue weighted by Gasteiger charge is 2.29. The molecule has 1 aliphatic rings. The van der Waals surface area contributed by atoms with Crippen molar-refractivity contribution < 1.29 is 4.42 Å². The Bertz CT molecular complexity index is 2620. The van der Waals surface area contributed by atoms with E-state index in [0.717, 1.165) is 50.6 Å². The number of rotatable bonds is 5. The summed E-state index contributed by atoms with van der Waals surface area (Å²) >= 11 is 1.84. The lowest BCUT2D eigenvalue weighted by Gasteiger charge is -2.27. The van der Waals surface area contributed by atoms with Crippen molar-refractivity contribution in [1.82, 2.24) is 4.98 Å². The fourth-order valence-electron chi connectivity index (χ4n) is 7.04. The van der Waals surface area contributed by atoms with E-state index in [1.54, 1.807) is 0 Å². The molecule has 0 saturated heterocycles. The Morgan fingerprint density at radius 3 is 2.02 bits per heavy atom. The summed E-state index contributed by atoms with van der Waals surface area (Å²) in [6, 6.07) is 56.2. The Morgan fingerprint density at radius 1 is 0.489 bits per heavy atom. The molecule has 7 aromatic carbocycles. The number of aromatic nitrogens is 1. The maximum absolute atomic E-state index is 6.47. The molecule has 2 aromatic heterocycles. The number of thiophene rings is 1. The summed E-state index contributed by atoms with van der Waals surface area (Å²) in [6.45, 7) is 0. The molecule has 0 bridgehead atoms. The van der Waals surface area contributed by atoms with E-state index in [0.29, 0.717) is 5.89 Å². The summed E-state index contributed by atoms with van der Waals surface area (Å²) < 4.78 is 9.06.